The number of ether oxygens (including phenoxy) is 3. The van der Waals surface area contributed by atoms with Gasteiger partial charge in [0.1, 0.15) is 13.2 Å². The lowest BCUT2D eigenvalue weighted by Gasteiger charge is -2.18. The molecule has 0 N–H and O–H groups in total. The fraction of sp³-hybridized carbons (Fsp3) is 0.537. The maximum atomic E-state index is 12.7. The van der Waals surface area contributed by atoms with E-state index >= 15 is 0 Å². The summed E-state index contributed by atoms with van der Waals surface area (Å²) in [6, 6.07) is 0. The minimum Gasteiger partial charge on any atom is -0.462 e. The zero-order valence-corrected chi connectivity index (χ0v) is 37.9. The molecule has 0 aliphatic carbocycles. The number of hydrogen-bond acceptors (Lipinski definition) is 6. The fourth-order valence-corrected chi connectivity index (χ4v) is 5.54. The average Bonchev–Trinajstić information content (AvgIpc) is 3.24. The summed E-state index contributed by atoms with van der Waals surface area (Å²) in [6.45, 7) is 6.11. The van der Waals surface area contributed by atoms with Gasteiger partial charge in [-0.25, -0.2) is 0 Å². The Morgan fingerprint density at radius 2 is 0.667 bits per heavy atom. The molecule has 0 aromatic heterocycles. The number of allylic oxidation sites excluding steroid dienone is 21. The van der Waals surface area contributed by atoms with E-state index in [-0.39, 0.29) is 38.0 Å². The number of hydrogen-bond donors (Lipinski definition) is 0. The second kappa shape index (κ2) is 47.2. The van der Waals surface area contributed by atoms with Crippen LogP contribution in [0.4, 0.5) is 0 Å². The van der Waals surface area contributed by atoms with Gasteiger partial charge >= 0.3 is 17.9 Å². The van der Waals surface area contributed by atoms with Crippen LogP contribution in [0.15, 0.2) is 134 Å². The molecule has 0 saturated carbocycles. The molecule has 334 valence electrons. The number of carbonyl (C=O) groups excluding carboxylic acids is 3. The van der Waals surface area contributed by atoms with Gasteiger partial charge in [0.2, 0.25) is 0 Å². The van der Waals surface area contributed by atoms with Crippen molar-refractivity contribution < 1.29 is 28.6 Å². The van der Waals surface area contributed by atoms with Crippen LogP contribution >= 0.6 is 0 Å². The van der Waals surface area contributed by atoms with E-state index in [1.54, 1.807) is 6.08 Å². The summed E-state index contributed by atoms with van der Waals surface area (Å²) in [7, 11) is 0. The van der Waals surface area contributed by atoms with E-state index in [1.807, 2.05) is 6.08 Å². The van der Waals surface area contributed by atoms with Gasteiger partial charge in [-0.15, -0.1) is 0 Å². The van der Waals surface area contributed by atoms with Gasteiger partial charge in [-0.1, -0.05) is 174 Å². The molecule has 1 unspecified atom stereocenters. The molecule has 0 saturated heterocycles. The molecule has 0 heterocycles. The average molecular weight is 827 g/mol. The van der Waals surface area contributed by atoms with Crippen molar-refractivity contribution in [3.8, 4) is 0 Å². The van der Waals surface area contributed by atoms with Crippen molar-refractivity contribution >= 4 is 17.9 Å². The summed E-state index contributed by atoms with van der Waals surface area (Å²) in [5.74, 6) is -1.13. The maximum absolute atomic E-state index is 12.7. The highest BCUT2D eigenvalue weighted by atomic mass is 16.6. The molecular weight excluding hydrogens is 745 g/mol. The molecule has 0 aromatic carbocycles. The smallest absolute Gasteiger partial charge is 0.309 e. The van der Waals surface area contributed by atoms with Gasteiger partial charge in [-0.3, -0.25) is 14.4 Å². The zero-order chi connectivity index (χ0) is 43.7. The highest BCUT2D eigenvalue weighted by Crippen LogP contribution is 2.10. The SMILES string of the molecule is CC/C=C\C/C=C\C/C=C\C/C=C\C/C=C\CCCCCC(=O)OCC(COC(=O)C/C=C\C/C=C\C/C=C\CC)OC(=O)CCCCCC/C=C\C/C=C\C/C=C\CC. The first-order chi connectivity index (χ1) is 29.5. The molecule has 0 fully saturated rings. The standard InChI is InChI=1S/C54H82O6/c1-4-7-10-13-16-19-21-23-25-26-27-28-29-31-32-35-38-41-44-47-53(56)59-50-51(49-58-52(55)46-43-40-37-34-18-15-12-9-6-3)60-54(57)48-45-42-39-36-33-30-24-22-20-17-14-11-8-5-2/h7-12,16-20,23-25,27-28,30-32,34,40,43,51H,4-6,13-15,21-22,26,29,33,35-39,41-42,44-50H2,1-3H3/b10-7-,11-8-,12-9-,19-16-,20-17-,25-23-,28-27-,30-24-,32-31-,34-18-,43-40-. The lowest BCUT2D eigenvalue weighted by atomic mass is 10.1. The number of carbonyl (C=O) groups is 3. The minimum absolute atomic E-state index is 0.117. The van der Waals surface area contributed by atoms with E-state index in [4.69, 9.17) is 14.2 Å². The molecule has 0 spiro atoms. The third-order valence-corrected chi connectivity index (χ3v) is 8.91. The molecule has 6 heteroatoms. The third kappa shape index (κ3) is 44.6. The Morgan fingerprint density at radius 1 is 0.350 bits per heavy atom. The van der Waals surface area contributed by atoms with Crippen LogP contribution in [0.5, 0.6) is 0 Å². The third-order valence-electron chi connectivity index (χ3n) is 8.91. The molecule has 0 aliphatic heterocycles. The van der Waals surface area contributed by atoms with Crippen LogP contribution in [0.1, 0.15) is 168 Å². The predicted octanol–water partition coefficient (Wildman–Crippen LogP) is 15.1. The van der Waals surface area contributed by atoms with Crippen LogP contribution < -0.4 is 0 Å². The zero-order valence-electron chi connectivity index (χ0n) is 37.9. The van der Waals surface area contributed by atoms with Gasteiger partial charge in [-0.05, 0) is 109 Å². The second-order valence-corrected chi connectivity index (χ2v) is 14.5. The van der Waals surface area contributed by atoms with Crippen LogP contribution in [0.2, 0.25) is 0 Å². The lowest BCUT2D eigenvalue weighted by Crippen LogP contribution is -2.30. The predicted molar refractivity (Wildman–Crippen MR) is 256 cm³/mol. The van der Waals surface area contributed by atoms with E-state index in [0.29, 0.717) is 6.42 Å². The monoisotopic (exact) mass is 827 g/mol. The van der Waals surface area contributed by atoms with Crippen molar-refractivity contribution in [3.05, 3.63) is 134 Å². The number of unbranched alkanes of at least 4 members (excludes halogenated alkanes) is 7. The first kappa shape index (κ1) is 55.5. The van der Waals surface area contributed by atoms with Gasteiger partial charge in [0.05, 0.1) is 6.42 Å². The molecule has 0 aliphatic rings. The summed E-state index contributed by atoms with van der Waals surface area (Å²) >= 11 is 0. The van der Waals surface area contributed by atoms with Crippen LogP contribution in [0, 0.1) is 0 Å². The van der Waals surface area contributed by atoms with E-state index in [9.17, 15) is 14.4 Å². The van der Waals surface area contributed by atoms with Gasteiger partial charge < -0.3 is 14.2 Å². The summed E-state index contributed by atoms with van der Waals surface area (Å²) in [5.41, 5.74) is 0. The van der Waals surface area contributed by atoms with Crippen LogP contribution in [0.3, 0.4) is 0 Å². The van der Waals surface area contributed by atoms with E-state index in [1.165, 1.54) is 0 Å². The molecule has 1 atom stereocenters. The topological polar surface area (TPSA) is 78.9 Å². The van der Waals surface area contributed by atoms with Gasteiger partial charge in [0, 0.05) is 12.8 Å². The maximum Gasteiger partial charge on any atom is 0.309 e. The van der Waals surface area contributed by atoms with Crippen molar-refractivity contribution in [1.82, 2.24) is 0 Å². The van der Waals surface area contributed by atoms with Crippen molar-refractivity contribution in [2.75, 3.05) is 13.2 Å². The first-order valence-electron chi connectivity index (χ1n) is 23.2. The Hall–Kier alpha value is -4.45. The highest BCUT2D eigenvalue weighted by molar-refractivity contribution is 5.72. The minimum atomic E-state index is -0.842. The summed E-state index contributed by atoms with van der Waals surface area (Å²) < 4.78 is 16.5. The van der Waals surface area contributed by atoms with Gasteiger partial charge in [0.15, 0.2) is 6.10 Å². The van der Waals surface area contributed by atoms with E-state index in [0.717, 1.165) is 128 Å². The normalized spacial score (nSPS) is 13.3. The quantitative estimate of drug-likeness (QED) is 0.0266. The van der Waals surface area contributed by atoms with Crippen molar-refractivity contribution in [1.29, 1.82) is 0 Å². The van der Waals surface area contributed by atoms with E-state index < -0.39 is 12.1 Å². The molecule has 0 radical (unpaired) electrons. The molecule has 0 aromatic rings. The van der Waals surface area contributed by atoms with Gasteiger partial charge in [0.25, 0.3) is 0 Å². The number of esters is 3. The van der Waals surface area contributed by atoms with Crippen LogP contribution in [-0.2, 0) is 28.6 Å². The van der Waals surface area contributed by atoms with Crippen molar-refractivity contribution in [3.63, 3.8) is 0 Å². The second-order valence-electron chi connectivity index (χ2n) is 14.5. The summed E-state index contributed by atoms with van der Waals surface area (Å²) in [4.78, 5) is 37.7. The Morgan fingerprint density at radius 3 is 1.08 bits per heavy atom. The fourth-order valence-electron chi connectivity index (χ4n) is 5.54. The van der Waals surface area contributed by atoms with Gasteiger partial charge in [-0.2, -0.15) is 0 Å². The Balaban J connectivity index is 4.52. The Bertz CT molecular complexity index is 1370. The lowest BCUT2D eigenvalue weighted by molar-refractivity contribution is -0.166. The molecule has 0 rings (SSSR count). The Kier molecular flexibility index (Phi) is 43.7. The molecule has 60 heavy (non-hydrogen) atoms. The van der Waals surface area contributed by atoms with Crippen molar-refractivity contribution in [2.24, 2.45) is 0 Å². The first-order valence-corrected chi connectivity index (χ1v) is 23.2. The Labute approximate surface area is 366 Å². The largest absolute Gasteiger partial charge is 0.462 e. The highest BCUT2D eigenvalue weighted by Gasteiger charge is 2.19. The summed E-state index contributed by atoms with van der Waals surface area (Å²) in [5, 5.41) is 0. The van der Waals surface area contributed by atoms with Crippen LogP contribution in [0.25, 0.3) is 0 Å². The molecular formula is C54H82O6. The molecule has 6 nitrogen and oxygen atoms in total. The molecule has 0 amide bonds. The number of rotatable bonds is 39. The van der Waals surface area contributed by atoms with E-state index in [2.05, 4.69) is 142 Å². The van der Waals surface area contributed by atoms with Crippen LogP contribution in [-0.4, -0.2) is 37.2 Å². The summed E-state index contributed by atoms with van der Waals surface area (Å²) in [6.07, 6.45) is 66.1. The molecule has 0 bridgehead atoms. The van der Waals surface area contributed by atoms with Crippen molar-refractivity contribution in [2.45, 2.75) is 175 Å².